The van der Waals surface area contributed by atoms with Crippen LogP contribution in [0.1, 0.15) is 13.3 Å². The molecule has 0 radical (unpaired) electrons. The Labute approximate surface area is 113 Å². The topological polar surface area (TPSA) is 71.1 Å². The second-order valence-electron chi connectivity index (χ2n) is 3.77. The molecule has 1 aromatic rings. The monoisotopic (exact) mass is 315 g/mol. The number of pyridine rings is 1. The molecular weight excluding hydrogens is 302 g/mol. The molecule has 20 heavy (non-hydrogen) atoms. The van der Waals surface area contributed by atoms with E-state index in [1.165, 1.54) is 6.92 Å². The molecular formula is C10H13F4N3O2S. The van der Waals surface area contributed by atoms with Gasteiger partial charge in [0.05, 0.1) is 5.75 Å². The van der Waals surface area contributed by atoms with Gasteiger partial charge in [-0.15, -0.1) is 0 Å². The van der Waals surface area contributed by atoms with Crippen molar-refractivity contribution in [1.82, 2.24) is 9.71 Å². The van der Waals surface area contributed by atoms with Crippen molar-refractivity contribution >= 4 is 15.7 Å². The lowest BCUT2D eigenvalue weighted by Gasteiger charge is -2.09. The number of rotatable bonds is 7. The van der Waals surface area contributed by atoms with E-state index in [0.29, 0.717) is 0 Å². The minimum atomic E-state index is -3.35. The predicted molar refractivity (Wildman–Crippen MR) is 64.6 cm³/mol. The van der Waals surface area contributed by atoms with Gasteiger partial charge >= 0.3 is 0 Å². The van der Waals surface area contributed by atoms with Crippen molar-refractivity contribution in [3.63, 3.8) is 0 Å². The molecule has 2 N–H and O–H groups in total. The first kappa shape index (κ1) is 16.6. The van der Waals surface area contributed by atoms with Gasteiger partial charge in [-0.1, -0.05) is 0 Å². The Kier molecular flexibility index (Phi) is 5.69. The van der Waals surface area contributed by atoms with Crippen molar-refractivity contribution in [3.8, 4) is 0 Å². The molecule has 0 bridgehead atoms. The first-order valence-corrected chi connectivity index (χ1v) is 7.35. The van der Waals surface area contributed by atoms with Crippen molar-refractivity contribution in [2.24, 2.45) is 0 Å². The van der Waals surface area contributed by atoms with Gasteiger partial charge in [-0.2, -0.15) is 22.5 Å². The lowest BCUT2D eigenvalue weighted by atomic mass is 10.3. The van der Waals surface area contributed by atoms with Crippen molar-refractivity contribution in [2.75, 3.05) is 24.2 Å². The van der Waals surface area contributed by atoms with Gasteiger partial charge in [-0.05, 0) is 13.3 Å². The van der Waals surface area contributed by atoms with Gasteiger partial charge in [0.2, 0.25) is 21.7 Å². The number of nitrogens with zero attached hydrogens (tertiary/aromatic N) is 1. The second-order valence-corrected chi connectivity index (χ2v) is 5.87. The van der Waals surface area contributed by atoms with E-state index >= 15 is 0 Å². The molecule has 0 spiro atoms. The summed E-state index contributed by atoms with van der Waals surface area (Å²) in [4.78, 5) is 2.41. The highest BCUT2D eigenvalue weighted by atomic mass is 32.2. The van der Waals surface area contributed by atoms with E-state index in [9.17, 15) is 26.0 Å². The third kappa shape index (κ3) is 4.30. The first-order chi connectivity index (χ1) is 9.28. The molecule has 0 amide bonds. The van der Waals surface area contributed by atoms with Crippen LogP contribution in [0.5, 0.6) is 0 Å². The van der Waals surface area contributed by atoms with Gasteiger partial charge < -0.3 is 5.32 Å². The van der Waals surface area contributed by atoms with Gasteiger partial charge in [-0.25, -0.2) is 13.1 Å². The van der Waals surface area contributed by atoms with Gasteiger partial charge in [-0.3, -0.25) is 0 Å². The van der Waals surface area contributed by atoms with Gasteiger partial charge in [0.25, 0.3) is 11.9 Å². The highest BCUT2D eigenvalue weighted by Gasteiger charge is 2.20. The summed E-state index contributed by atoms with van der Waals surface area (Å²) in [6, 6.07) is 0. The number of hydrogen-bond acceptors (Lipinski definition) is 4. The van der Waals surface area contributed by atoms with Crippen molar-refractivity contribution < 1.29 is 26.0 Å². The third-order valence-corrected chi connectivity index (χ3v) is 3.76. The maximum atomic E-state index is 13.2. The Morgan fingerprint density at radius 2 is 1.60 bits per heavy atom. The fraction of sp³-hybridized carbons (Fsp3) is 0.500. The van der Waals surface area contributed by atoms with Crippen LogP contribution in [0.15, 0.2) is 0 Å². The number of sulfonamides is 1. The van der Waals surface area contributed by atoms with Crippen molar-refractivity contribution in [1.29, 1.82) is 0 Å². The number of hydrogen-bond donors (Lipinski definition) is 2. The Morgan fingerprint density at radius 3 is 2.10 bits per heavy atom. The maximum absolute atomic E-state index is 13.2. The van der Waals surface area contributed by atoms with Crippen LogP contribution in [-0.4, -0.2) is 32.2 Å². The van der Waals surface area contributed by atoms with Crippen LogP contribution in [-0.2, 0) is 10.0 Å². The van der Waals surface area contributed by atoms with Gasteiger partial charge in [0.1, 0.15) is 5.69 Å². The summed E-state index contributed by atoms with van der Waals surface area (Å²) in [7, 11) is -3.35. The Bertz CT molecular complexity index is 554. The van der Waals surface area contributed by atoms with E-state index in [-0.39, 0.29) is 25.3 Å². The number of anilines is 1. The predicted octanol–water partition coefficient (Wildman–Crippen LogP) is 1.38. The van der Waals surface area contributed by atoms with E-state index in [2.05, 4.69) is 15.0 Å². The Morgan fingerprint density at radius 1 is 1.05 bits per heavy atom. The quantitative estimate of drug-likeness (QED) is 0.453. The van der Waals surface area contributed by atoms with Crippen LogP contribution >= 0.6 is 0 Å². The van der Waals surface area contributed by atoms with Crippen LogP contribution in [0.4, 0.5) is 23.2 Å². The molecule has 0 aliphatic rings. The summed E-state index contributed by atoms with van der Waals surface area (Å²) in [6.45, 7) is 1.40. The normalized spacial score (nSPS) is 11.7. The average Bonchev–Trinajstić information content (AvgIpc) is 2.39. The highest BCUT2D eigenvalue weighted by Crippen LogP contribution is 2.21. The summed E-state index contributed by atoms with van der Waals surface area (Å²) in [5.74, 6) is -6.85. The van der Waals surface area contributed by atoms with E-state index < -0.39 is 39.2 Å². The standard InChI is InChI=1S/C10H13F4N3O2S/c1-2-20(18,19)16-5-3-4-15-8-6(11)9(13)17-10(14)7(8)12/h16H,2-5H2,1H3,(H,15,17). The lowest BCUT2D eigenvalue weighted by Crippen LogP contribution is -2.27. The van der Waals surface area contributed by atoms with E-state index in [1.54, 1.807) is 0 Å². The largest absolute Gasteiger partial charge is 0.380 e. The number of nitrogens with one attached hydrogen (secondary N) is 2. The SMILES string of the molecule is CCS(=O)(=O)NCCCNc1c(F)c(F)nc(F)c1F. The molecule has 114 valence electrons. The molecule has 5 nitrogen and oxygen atoms in total. The summed E-state index contributed by atoms with van der Waals surface area (Å²) in [5, 5.41) is 2.16. The smallest absolute Gasteiger partial charge is 0.253 e. The first-order valence-electron chi connectivity index (χ1n) is 5.69. The highest BCUT2D eigenvalue weighted by molar-refractivity contribution is 7.89. The van der Waals surface area contributed by atoms with Crippen LogP contribution in [0.3, 0.4) is 0 Å². The fourth-order valence-electron chi connectivity index (χ4n) is 1.27. The molecule has 0 aliphatic heterocycles. The summed E-state index contributed by atoms with van der Waals surface area (Å²) >= 11 is 0. The molecule has 0 saturated heterocycles. The molecule has 0 unspecified atom stereocenters. The molecule has 0 atom stereocenters. The molecule has 0 aliphatic carbocycles. The lowest BCUT2D eigenvalue weighted by molar-refractivity contribution is 0.410. The molecule has 0 saturated carbocycles. The molecule has 10 heteroatoms. The Balaban J connectivity index is 2.55. The summed E-state index contributed by atoms with van der Waals surface area (Å²) in [5.41, 5.74) is -0.964. The van der Waals surface area contributed by atoms with E-state index in [0.717, 1.165) is 0 Å². The zero-order valence-corrected chi connectivity index (χ0v) is 11.3. The zero-order chi connectivity index (χ0) is 15.3. The molecule has 1 aromatic heterocycles. The number of aromatic nitrogens is 1. The minimum Gasteiger partial charge on any atom is -0.380 e. The van der Waals surface area contributed by atoms with Crippen LogP contribution in [0.2, 0.25) is 0 Å². The molecule has 0 fully saturated rings. The summed E-state index contributed by atoms with van der Waals surface area (Å²) in [6.07, 6.45) is 0.170. The molecule has 0 aromatic carbocycles. The maximum Gasteiger partial charge on any atom is 0.253 e. The summed E-state index contributed by atoms with van der Waals surface area (Å²) < 4.78 is 76.3. The van der Waals surface area contributed by atoms with Gasteiger partial charge in [0, 0.05) is 13.1 Å². The van der Waals surface area contributed by atoms with Crippen molar-refractivity contribution in [3.05, 3.63) is 23.5 Å². The zero-order valence-electron chi connectivity index (χ0n) is 10.5. The van der Waals surface area contributed by atoms with Gasteiger partial charge in [0.15, 0.2) is 0 Å². The number of halogens is 4. The van der Waals surface area contributed by atoms with Crippen LogP contribution < -0.4 is 10.0 Å². The van der Waals surface area contributed by atoms with E-state index in [4.69, 9.17) is 0 Å². The second kappa shape index (κ2) is 6.84. The van der Waals surface area contributed by atoms with Crippen LogP contribution in [0.25, 0.3) is 0 Å². The fourth-order valence-corrected chi connectivity index (χ4v) is 1.93. The van der Waals surface area contributed by atoms with Crippen LogP contribution in [0, 0.1) is 23.5 Å². The molecule has 1 rings (SSSR count). The molecule has 1 heterocycles. The van der Waals surface area contributed by atoms with Crippen molar-refractivity contribution in [2.45, 2.75) is 13.3 Å². The minimum absolute atomic E-state index is 0.0302. The third-order valence-electron chi connectivity index (χ3n) is 2.35. The average molecular weight is 315 g/mol. The Hall–Kier alpha value is -1.42. The van der Waals surface area contributed by atoms with E-state index in [1.807, 2.05) is 0 Å².